The minimum absolute atomic E-state index is 0.149. The highest BCUT2D eigenvalue weighted by molar-refractivity contribution is 5.91. The lowest BCUT2D eigenvalue weighted by atomic mass is 10.0. The van der Waals surface area contributed by atoms with Gasteiger partial charge >= 0.3 is 0 Å². The molecule has 0 bridgehead atoms. The van der Waals surface area contributed by atoms with E-state index in [-0.39, 0.29) is 11.5 Å². The number of nitrogens with one attached hydrogen (secondary N) is 1. The number of fused-ring (bicyclic) bond motifs is 1. The first-order valence-electron chi connectivity index (χ1n) is 13.1. The zero-order chi connectivity index (χ0) is 27.6. The fourth-order valence-electron chi connectivity index (χ4n) is 5.27. The van der Waals surface area contributed by atoms with Crippen LogP contribution in [0.15, 0.2) is 76.1 Å². The molecule has 2 aromatic carbocycles. The number of piperazine rings is 1. The molecule has 1 aliphatic rings. The Morgan fingerprint density at radius 1 is 1.07 bits per heavy atom. The number of hydrogen-bond donors (Lipinski definition) is 1. The number of benzene rings is 2. The Labute approximate surface area is 230 Å². The predicted octanol–water partition coefficient (Wildman–Crippen LogP) is 3.02. The van der Waals surface area contributed by atoms with Gasteiger partial charge in [-0.25, -0.2) is 4.68 Å². The lowest BCUT2D eigenvalue weighted by molar-refractivity contribution is 0.0558. The second-order valence-corrected chi connectivity index (χ2v) is 9.84. The van der Waals surface area contributed by atoms with Crippen molar-refractivity contribution in [3.63, 3.8) is 0 Å². The molecule has 3 aromatic heterocycles. The molecule has 4 heterocycles. The smallest absolute Gasteiger partial charge is 0.289 e. The van der Waals surface area contributed by atoms with Gasteiger partial charge in [-0.05, 0) is 64.2 Å². The molecular formula is C29H29N7O4. The van der Waals surface area contributed by atoms with Crippen LogP contribution in [0.3, 0.4) is 0 Å². The minimum Gasteiger partial charge on any atom is -0.497 e. The van der Waals surface area contributed by atoms with Crippen LogP contribution >= 0.6 is 0 Å². The number of pyridine rings is 1. The molecule has 1 N–H and O–H groups in total. The third-order valence-corrected chi connectivity index (χ3v) is 7.41. The number of furan rings is 1. The van der Waals surface area contributed by atoms with Crippen LogP contribution in [-0.2, 0) is 6.54 Å². The van der Waals surface area contributed by atoms with Crippen LogP contribution in [0.25, 0.3) is 10.9 Å². The van der Waals surface area contributed by atoms with Gasteiger partial charge in [0.2, 0.25) is 0 Å². The third kappa shape index (κ3) is 4.87. The molecule has 40 heavy (non-hydrogen) atoms. The standard InChI is InChI=1S/C29H29N7O4/c1-19-5-3-6-21-17-23(28(37)30-25(19)21)26(34-12-14-35(15-13-34)29(38)24-7-4-16-40-24)27-31-32-33-36(27)18-20-8-10-22(39-2)11-9-20/h3-11,16-17,26H,12-15,18H2,1-2H3,(H,30,37)/t26-/m1/s1. The third-order valence-electron chi connectivity index (χ3n) is 7.41. The second-order valence-electron chi connectivity index (χ2n) is 9.84. The molecule has 5 aromatic rings. The summed E-state index contributed by atoms with van der Waals surface area (Å²) in [6.07, 6.45) is 1.50. The van der Waals surface area contributed by atoms with E-state index in [1.165, 1.54) is 6.26 Å². The lowest BCUT2D eigenvalue weighted by Crippen LogP contribution is -2.50. The number of amides is 1. The summed E-state index contributed by atoms with van der Waals surface area (Å²) in [5, 5.41) is 13.6. The fraction of sp³-hybridized carbons (Fsp3) is 0.276. The Hall–Kier alpha value is -4.77. The quantitative estimate of drug-likeness (QED) is 0.335. The van der Waals surface area contributed by atoms with Crippen LogP contribution in [0, 0.1) is 6.92 Å². The van der Waals surface area contributed by atoms with E-state index in [0.29, 0.717) is 49.9 Å². The van der Waals surface area contributed by atoms with Crippen molar-refractivity contribution >= 4 is 16.8 Å². The van der Waals surface area contributed by atoms with E-state index in [1.807, 2.05) is 55.5 Å². The monoisotopic (exact) mass is 539 g/mol. The van der Waals surface area contributed by atoms with Crippen molar-refractivity contribution in [2.75, 3.05) is 33.3 Å². The lowest BCUT2D eigenvalue weighted by Gasteiger charge is -2.38. The topological polar surface area (TPSA) is 122 Å². The normalized spacial score (nSPS) is 14.9. The molecule has 204 valence electrons. The Kier molecular flexibility index (Phi) is 6.87. The van der Waals surface area contributed by atoms with E-state index in [1.54, 1.807) is 28.8 Å². The van der Waals surface area contributed by atoms with Crippen molar-refractivity contribution in [2.45, 2.75) is 19.5 Å². The van der Waals surface area contributed by atoms with Gasteiger partial charge in [-0.2, -0.15) is 0 Å². The number of hydrogen-bond acceptors (Lipinski definition) is 8. The highest BCUT2D eigenvalue weighted by Gasteiger charge is 2.34. The van der Waals surface area contributed by atoms with Crippen molar-refractivity contribution in [1.29, 1.82) is 0 Å². The van der Waals surface area contributed by atoms with Crippen molar-refractivity contribution in [3.8, 4) is 5.75 Å². The Morgan fingerprint density at radius 3 is 2.60 bits per heavy atom. The summed E-state index contributed by atoms with van der Waals surface area (Å²) < 4.78 is 12.3. The number of ether oxygens (including phenoxy) is 1. The molecule has 1 aliphatic heterocycles. The summed E-state index contributed by atoms with van der Waals surface area (Å²) in [7, 11) is 1.63. The zero-order valence-corrected chi connectivity index (χ0v) is 22.3. The average Bonchev–Trinajstić information content (AvgIpc) is 3.68. The molecule has 11 heteroatoms. The van der Waals surface area contributed by atoms with Gasteiger partial charge in [0.1, 0.15) is 11.8 Å². The van der Waals surface area contributed by atoms with E-state index >= 15 is 0 Å². The number of para-hydroxylation sites is 1. The maximum atomic E-state index is 13.6. The number of aromatic amines is 1. The van der Waals surface area contributed by atoms with Crippen LogP contribution in [0.4, 0.5) is 0 Å². The SMILES string of the molecule is COc1ccc(Cn2nnnc2[C@@H](c2cc3cccc(C)c3[nH]c2=O)N2CCN(C(=O)c3ccco3)CC2)cc1. The first kappa shape index (κ1) is 25.5. The molecular weight excluding hydrogens is 510 g/mol. The average molecular weight is 540 g/mol. The number of aryl methyl sites for hydroxylation is 1. The predicted molar refractivity (Wildman–Crippen MR) is 147 cm³/mol. The van der Waals surface area contributed by atoms with E-state index in [4.69, 9.17) is 9.15 Å². The van der Waals surface area contributed by atoms with Gasteiger partial charge in [-0.15, -0.1) is 5.10 Å². The summed E-state index contributed by atoms with van der Waals surface area (Å²) >= 11 is 0. The van der Waals surface area contributed by atoms with Gasteiger partial charge < -0.3 is 19.0 Å². The molecule has 0 radical (unpaired) electrons. The first-order chi connectivity index (χ1) is 19.5. The van der Waals surface area contributed by atoms with Gasteiger partial charge in [0.05, 0.1) is 25.4 Å². The number of methoxy groups -OCH3 is 1. The Bertz CT molecular complexity index is 1680. The van der Waals surface area contributed by atoms with Gasteiger partial charge in [0.15, 0.2) is 11.6 Å². The fourth-order valence-corrected chi connectivity index (χ4v) is 5.27. The summed E-state index contributed by atoms with van der Waals surface area (Å²) in [4.78, 5) is 33.5. The van der Waals surface area contributed by atoms with Crippen molar-refractivity contribution < 1.29 is 13.9 Å². The van der Waals surface area contributed by atoms with Crippen LogP contribution in [0.2, 0.25) is 0 Å². The Balaban J connectivity index is 1.36. The molecule has 1 saturated heterocycles. The van der Waals surface area contributed by atoms with Gasteiger partial charge in [-0.3, -0.25) is 14.5 Å². The Morgan fingerprint density at radius 2 is 1.88 bits per heavy atom. The van der Waals surface area contributed by atoms with Crippen molar-refractivity contribution in [3.05, 3.63) is 106 Å². The van der Waals surface area contributed by atoms with Crippen molar-refractivity contribution in [1.82, 2.24) is 35.0 Å². The number of carbonyl (C=O) groups is 1. The summed E-state index contributed by atoms with van der Waals surface area (Å²) in [6.45, 7) is 4.39. The summed E-state index contributed by atoms with van der Waals surface area (Å²) in [5.41, 5.74) is 3.15. The molecule has 0 unspecified atom stereocenters. The second kappa shape index (κ2) is 10.8. The van der Waals surface area contributed by atoms with E-state index in [2.05, 4.69) is 25.4 Å². The summed E-state index contributed by atoms with van der Waals surface area (Å²) in [5.74, 6) is 1.48. The van der Waals surface area contributed by atoms with Crippen molar-refractivity contribution in [2.24, 2.45) is 0 Å². The van der Waals surface area contributed by atoms with E-state index in [0.717, 1.165) is 27.8 Å². The zero-order valence-electron chi connectivity index (χ0n) is 22.3. The number of aromatic nitrogens is 5. The van der Waals surface area contributed by atoms with Crippen LogP contribution < -0.4 is 10.3 Å². The first-order valence-corrected chi connectivity index (χ1v) is 13.1. The highest BCUT2D eigenvalue weighted by atomic mass is 16.5. The maximum Gasteiger partial charge on any atom is 0.289 e. The molecule has 1 fully saturated rings. The largest absolute Gasteiger partial charge is 0.497 e. The molecule has 0 aliphatic carbocycles. The van der Waals surface area contributed by atoms with E-state index < -0.39 is 6.04 Å². The van der Waals surface area contributed by atoms with Gasteiger partial charge in [-0.1, -0.05) is 30.3 Å². The maximum absolute atomic E-state index is 13.6. The number of rotatable bonds is 7. The van der Waals surface area contributed by atoms with Crippen LogP contribution in [0.5, 0.6) is 5.75 Å². The number of nitrogens with zero attached hydrogens (tertiary/aromatic N) is 6. The molecule has 1 amide bonds. The van der Waals surface area contributed by atoms with Gasteiger partial charge in [0.25, 0.3) is 11.5 Å². The van der Waals surface area contributed by atoms with Crippen LogP contribution in [0.1, 0.15) is 39.1 Å². The number of tetrazole rings is 1. The van der Waals surface area contributed by atoms with Crippen LogP contribution in [-0.4, -0.2) is 74.2 Å². The minimum atomic E-state index is -0.525. The molecule has 0 saturated carbocycles. The molecule has 0 spiro atoms. The van der Waals surface area contributed by atoms with E-state index in [9.17, 15) is 9.59 Å². The molecule has 11 nitrogen and oxygen atoms in total. The molecule has 1 atom stereocenters. The van der Waals surface area contributed by atoms with Gasteiger partial charge in [0, 0.05) is 31.7 Å². The molecule has 6 rings (SSSR count). The number of H-pyrrole nitrogens is 1. The summed E-state index contributed by atoms with van der Waals surface area (Å²) in [6, 6.07) is 18.4. The highest BCUT2D eigenvalue weighted by Crippen LogP contribution is 2.29. The number of carbonyl (C=O) groups excluding carboxylic acids is 1.